The number of hydrogen-bond donors (Lipinski definition) is 1. The maximum Gasteiger partial charge on any atom is 0.339 e. The largest absolute Gasteiger partial charge is 0.460 e. The van der Waals surface area contributed by atoms with Gasteiger partial charge in [-0.05, 0) is 49.7 Å². The molecular formula is C22H30O3. The highest BCUT2D eigenvalue weighted by Gasteiger charge is 2.30. The van der Waals surface area contributed by atoms with E-state index in [0.717, 1.165) is 38.5 Å². The van der Waals surface area contributed by atoms with Gasteiger partial charge in [0.2, 0.25) is 0 Å². The molecule has 2 aliphatic carbocycles. The molecule has 1 aromatic carbocycles. The Hall–Kier alpha value is -1.61. The normalized spacial score (nSPS) is 26.4. The SMILES string of the molecule is O=C(O[C@@H]1CCCC[C@H]1c1ccccc1)[C@H](O)C=CC1CCCCC1. The van der Waals surface area contributed by atoms with E-state index in [1.807, 2.05) is 24.3 Å². The monoisotopic (exact) mass is 342 g/mol. The van der Waals surface area contributed by atoms with Gasteiger partial charge in [0.25, 0.3) is 0 Å². The maximum atomic E-state index is 12.3. The van der Waals surface area contributed by atoms with E-state index in [4.69, 9.17) is 4.74 Å². The molecule has 0 aliphatic heterocycles. The van der Waals surface area contributed by atoms with Crippen LogP contribution < -0.4 is 0 Å². The van der Waals surface area contributed by atoms with E-state index in [2.05, 4.69) is 12.1 Å². The van der Waals surface area contributed by atoms with Crippen LogP contribution in [-0.2, 0) is 9.53 Å². The zero-order valence-corrected chi connectivity index (χ0v) is 15.0. The maximum absolute atomic E-state index is 12.3. The van der Waals surface area contributed by atoms with Gasteiger partial charge >= 0.3 is 5.97 Å². The molecule has 2 aliphatic rings. The molecule has 2 saturated carbocycles. The second-order valence-electron chi connectivity index (χ2n) is 7.50. The minimum absolute atomic E-state index is 0.124. The molecule has 1 N–H and O–H groups in total. The number of benzene rings is 1. The topological polar surface area (TPSA) is 46.5 Å². The summed E-state index contributed by atoms with van der Waals surface area (Å²) < 4.78 is 5.72. The highest BCUT2D eigenvalue weighted by Crippen LogP contribution is 2.35. The molecule has 0 saturated heterocycles. The van der Waals surface area contributed by atoms with Gasteiger partial charge in [-0.15, -0.1) is 0 Å². The summed E-state index contributed by atoms with van der Waals surface area (Å²) in [4.78, 5) is 12.3. The molecule has 0 spiro atoms. The summed E-state index contributed by atoms with van der Waals surface area (Å²) in [5.41, 5.74) is 1.23. The fraction of sp³-hybridized carbons (Fsp3) is 0.591. The van der Waals surface area contributed by atoms with Gasteiger partial charge in [-0.3, -0.25) is 0 Å². The predicted octanol–water partition coefficient (Wildman–Crippen LogP) is 4.75. The van der Waals surface area contributed by atoms with E-state index in [0.29, 0.717) is 5.92 Å². The van der Waals surface area contributed by atoms with Gasteiger partial charge in [0.1, 0.15) is 6.10 Å². The van der Waals surface area contributed by atoms with Crippen molar-refractivity contribution in [2.45, 2.75) is 75.9 Å². The van der Waals surface area contributed by atoms with Crippen LogP contribution in [0.4, 0.5) is 0 Å². The zero-order valence-electron chi connectivity index (χ0n) is 15.0. The first kappa shape index (κ1) is 18.2. The average molecular weight is 342 g/mol. The Morgan fingerprint density at radius 2 is 1.68 bits per heavy atom. The van der Waals surface area contributed by atoms with Crippen molar-refractivity contribution in [3.05, 3.63) is 48.0 Å². The van der Waals surface area contributed by atoms with Gasteiger partial charge in [0.05, 0.1) is 0 Å². The lowest BCUT2D eigenvalue weighted by molar-refractivity contribution is -0.159. The van der Waals surface area contributed by atoms with Crippen LogP contribution in [0.15, 0.2) is 42.5 Å². The van der Waals surface area contributed by atoms with E-state index in [1.54, 1.807) is 6.08 Å². The van der Waals surface area contributed by atoms with Crippen molar-refractivity contribution in [2.24, 2.45) is 5.92 Å². The Bertz CT molecular complexity index is 560. The van der Waals surface area contributed by atoms with Gasteiger partial charge in [-0.2, -0.15) is 0 Å². The zero-order chi connectivity index (χ0) is 17.5. The summed E-state index contributed by atoms with van der Waals surface area (Å²) in [5, 5.41) is 10.2. The third kappa shape index (κ3) is 5.18. The lowest BCUT2D eigenvalue weighted by Crippen LogP contribution is -2.32. The standard InChI is InChI=1S/C22H30O3/c23-20(16-15-17-9-3-1-4-10-17)22(24)25-21-14-8-7-13-19(21)18-11-5-2-6-12-18/h2,5-6,11-12,15-17,19-21,23H,1,3-4,7-10,13-14H2/t19-,20+,21+/m0/s1. The molecule has 0 aromatic heterocycles. The van der Waals surface area contributed by atoms with Crippen LogP contribution in [0, 0.1) is 5.92 Å². The molecule has 0 bridgehead atoms. The van der Waals surface area contributed by atoms with E-state index in [9.17, 15) is 9.90 Å². The Morgan fingerprint density at radius 1 is 1.00 bits per heavy atom. The Morgan fingerprint density at radius 3 is 2.44 bits per heavy atom. The molecule has 0 unspecified atom stereocenters. The third-order valence-electron chi connectivity index (χ3n) is 5.65. The van der Waals surface area contributed by atoms with Gasteiger partial charge < -0.3 is 9.84 Å². The van der Waals surface area contributed by atoms with Crippen molar-refractivity contribution in [1.82, 2.24) is 0 Å². The Balaban J connectivity index is 1.57. The minimum Gasteiger partial charge on any atom is -0.460 e. The predicted molar refractivity (Wildman–Crippen MR) is 99.3 cm³/mol. The molecule has 2 fully saturated rings. The minimum atomic E-state index is -1.14. The molecule has 3 heteroatoms. The first-order valence-electron chi connectivity index (χ1n) is 9.86. The van der Waals surface area contributed by atoms with Crippen LogP contribution in [0.3, 0.4) is 0 Å². The summed E-state index contributed by atoms with van der Waals surface area (Å²) in [6.45, 7) is 0. The highest BCUT2D eigenvalue weighted by atomic mass is 16.6. The molecular weight excluding hydrogens is 312 g/mol. The van der Waals surface area contributed by atoms with Crippen LogP contribution in [0.1, 0.15) is 69.3 Å². The summed E-state index contributed by atoms with van der Waals surface area (Å²) in [6.07, 6.45) is 12.7. The van der Waals surface area contributed by atoms with Gasteiger partial charge in [0.15, 0.2) is 6.10 Å². The van der Waals surface area contributed by atoms with Crippen molar-refractivity contribution in [3.8, 4) is 0 Å². The highest BCUT2D eigenvalue weighted by molar-refractivity contribution is 5.76. The Kier molecular flexibility index (Phi) is 6.69. The summed E-state index contributed by atoms with van der Waals surface area (Å²) in [5.74, 6) is 0.247. The lowest BCUT2D eigenvalue weighted by atomic mass is 9.81. The average Bonchev–Trinajstić information content (AvgIpc) is 2.68. The number of esters is 1. The first-order chi connectivity index (χ1) is 12.2. The van der Waals surface area contributed by atoms with Crippen LogP contribution >= 0.6 is 0 Å². The van der Waals surface area contributed by atoms with E-state index in [-0.39, 0.29) is 12.0 Å². The first-order valence-corrected chi connectivity index (χ1v) is 9.86. The fourth-order valence-corrected chi connectivity index (χ4v) is 4.21. The lowest BCUT2D eigenvalue weighted by Gasteiger charge is -2.32. The van der Waals surface area contributed by atoms with E-state index >= 15 is 0 Å². The Labute approximate surface area is 151 Å². The molecule has 136 valence electrons. The second kappa shape index (κ2) is 9.19. The van der Waals surface area contributed by atoms with Crippen LogP contribution in [0.5, 0.6) is 0 Å². The van der Waals surface area contributed by atoms with E-state index in [1.165, 1.54) is 24.8 Å². The molecule has 3 nitrogen and oxygen atoms in total. The summed E-state index contributed by atoms with van der Waals surface area (Å²) >= 11 is 0. The number of carbonyl (C=O) groups excluding carboxylic acids is 1. The number of ether oxygens (including phenoxy) is 1. The molecule has 0 heterocycles. The van der Waals surface area contributed by atoms with Crippen molar-refractivity contribution in [2.75, 3.05) is 0 Å². The summed E-state index contributed by atoms with van der Waals surface area (Å²) in [7, 11) is 0. The molecule has 0 amide bonds. The number of aliphatic hydroxyl groups is 1. The number of aliphatic hydroxyl groups excluding tert-OH is 1. The quantitative estimate of drug-likeness (QED) is 0.620. The van der Waals surface area contributed by atoms with Crippen molar-refractivity contribution < 1.29 is 14.6 Å². The van der Waals surface area contributed by atoms with E-state index < -0.39 is 12.1 Å². The molecule has 0 radical (unpaired) electrons. The van der Waals surface area contributed by atoms with Gasteiger partial charge in [0, 0.05) is 5.92 Å². The molecule has 3 rings (SSSR count). The second-order valence-corrected chi connectivity index (χ2v) is 7.50. The number of allylic oxidation sites excluding steroid dienone is 1. The van der Waals surface area contributed by atoms with Crippen LogP contribution in [0.2, 0.25) is 0 Å². The van der Waals surface area contributed by atoms with Crippen LogP contribution in [0.25, 0.3) is 0 Å². The fourth-order valence-electron chi connectivity index (χ4n) is 4.21. The smallest absolute Gasteiger partial charge is 0.339 e. The van der Waals surface area contributed by atoms with Crippen molar-refractivity contribution in [1.29, 1.82) is 0 Å². The van der Waals surface area contributed by atoms with Gasteiger partial charge in [-0.25, -0.2) is 4.79 Å². The molecule has 25 heavy (non-hydrogen) atoms. The number of carbonyl (C=O) groups is 1. The summed E-state index contributed by atoms with van der Waals surface area (Å²) in [6, 6.07) is 10.3. The number of hydrogen-bond acceptors (Lipinski definition) is 3. The van der Waals surface area contributed by atoms with Gasteiger partial charge in [-0.1, -0.05) is 62.1 Å². The number of rotatable bonds is 5. The third-order valence-corrected chi connectivity index (χ3v) is 5.65. The molecule has 1 aromatic rings. The molecule has 3 atom stereocenters. The van der Waals surface area contributed by atoms with Crippen molar-refractivity contribution >= 4 is 5.97 Å². The van der Waals surface area contributed by atoms with Crippen molar-refractivity contribution in [3.63, 3.8) is 0 Å². The van der Waals surface area contributed by atoms with Crippen LogP contribution in [-0.4, -0.2) is 23.3 Å².